The molecular weight excluding hydrogens is 594 g/mol. The van der Waals surface area contributed by atoms with Gasteiger partial charge in [-0.15, -0.1) is 34.2 Å². The molecule has 0 aromatic carbocycles. The molecule has 4 atom stereocenters. The van der Waals surface area contributed by atoms with E-state index in [1.807, 2.05) is 69.2 Å². The molecule has 255 valence electrons. The van der Waals surface area contributed by atoms with Crippen LogP contribution in [0, 0.1) is 11.8 Å². The molecule has 0 aliphatic rings. The van der Waals surface area contributed by atoms with Crippen LogP contribution in [-0.4, -0.2) is 58.7 Å². The molecule has 0 heterocycles. The van der Waals surface area contributed by atoms with Crippen molar-refractivity contribution >= 4 is 0 Å². The van der Waals surface area contributed by atoms with Gasteiger partial charge in [-0.3, -0.25) is 0 Å². The Labute approximate surface area is 258 Å². The first-order valence-corrected chi connectivity index (χ1v) is 14.2. The average Bonchev–Trinajstić information content (AvgIpc) is 2.60. The van der Waals surface area contributed by atoms with E-state index < -0.39 is 35.5 Å². The molecule has 0 fully saturated rings. The molecule has 0 spiro atoms. The minimum Gasteiger partial charge on any atom is -0.654 e. The third kappa shape index (κ3) is 25.0. The van der Waals surface area contributed by atoms with Gasteiger partial charge < -0.3 is 21.3 Å². The van der Waals surface area contributed by atoms with Crippen molar-refractivity contribution in [3.8, 4) is 0 Å². The zero-order valence-corrected chi connectivity index (χ0v) is 29.2. The van der Waals surface area contributed by atoms with Crippen LogP contribution in [0.2, 0.25) is 0 Å². The third-order valence-corrected chi connectivity index (χ3v) is 5.42. The predicted molar refractivity (Wildman–Crippen MR) is 159 cm³/mol. The summed E-state index contributed by atoms with van der Waals surface area (Å²) in [5, 5.41) is 17.0. The number of nitrogens with zero attached hydrogens (tertiary/aromatic N) is 4. The Kier molecular flexibility index (Phi) is 18.7. The van der Waals surface area contributed by atoms with E-state index in [4.69, 9.17) is 0 Å². The van der Waals surface area contributed by atoms with Crippen LogP contribution < -0.4 is 0 Å². The van der Waals surface area contributed by atoms with Gasteiger partial charge >= 0.3 is 12.4 Å². The molecule has 0 aromatic rings. The van der Waals surface area contributed by atoms with Crippen LogP contribution in [0.1, 0.15) is 124 Å². The Morgan fingerprint density at radius 1 is 0.415 bits per heavy atom. The van der Waals surface area contributed by atoms with Crippen molar-refractivity contribution in [2.75, 3.05) is 0 Å². The Hall–Kier alpha value is -0.0605. The van der Waals surface area contributed by atoms with E-state index in [1.165, 1.54) is 0 Å². The summed E-state index contributed by atoms with van der Waals surface area (Å²) >= 11 is 0. The van der Waals surface area contributed by atoms with E-state index >= 15 is 0 Å². The Bertz CT molecular complexity index is 637. The minimum atomic E-state index is -4.31. The van der Waals surface area contributed by atoms with Crippen molar-refractivity contribution in [3.05, 3.63) is 21.3 Å². The van der Waals surface area contributed by atoms with Crippen LogP contribution in [-0.2, 0) is 17.1 Å². The summed E-state index contributed by atoms with van der Waals surface area (Å²) in [5.74, 6) is 0.128. The largest absolute Gasteiger partial charge is 0.654 e. The fourth-order valence-corrected chi connectivity index (χ4v) is 3.85. The molecule has 11 heteroatoms. The van der Waals surface area contributed by atoms with Crippen molar-refractivity contribution in [1.82, 2.24) is 0 Å². The van der Waals surface area contributed by atoms with E-state index in [2.05, 4.69) is 21.3 Å². The molecule has 0 saturated heterocycles. The van der Waals surface area contributed by atoms with E-state index in [0.717, 1.165) is 0 Å². The Balaban J connectivity index is -0.000000688. The molecule has 0 saturated carbocycles. The van der Waals surface area contributed by atoms with Gasteiger partial charge in [0.05, 0.1) is 0 Å². The first kappa shape index (κ1) is 45.4. The van der Waals surface area contributed by atoms with Crippen molar-refractivity contribution in [1.29, 1.82) is 0 Å². The second kappa shape index (κ2) is 16.9. The molecule has 1 radical (unpaired) electrons. The van der Waals surface area contributed by atoms with Crippen molar-refractivity contribution in [3.63, 3.8) is 0 Å². The Morgan fingerprint density at radius 3 is 0.732 bits per heavy atom. The molecule has 0 rings (SSSR count). The quantitative estimate of drug-likeness (QED) is 0.167. The van der Waals surface area contributed by atoms with Crippen LogP contribution in [0.25, 0.3) is 21.3 Å². The summed E-state index contributed by atoms with van der Waals surface area (Å²) in [6, 6.07) is -3.98. The summed E-state index contributed by atoms with van der Waals surface area (Å²) in [7, 11) is 0. The smallest absolute Gasteiger partial charge is 0.373 e. The van der Waals surface area contributed by atoms with E-state index in [9.17, 15) is 26.3 Å². The van der Waals surface area contributed by atoms with Crippen molar-refractivity contribution < 1.29 is 43.4 Å². The Morgan fingerprint density at radius 2 is 0.610 bits per heavy atom. The maximum absolute atomic E-state index is 13.2. The zero-order valence-electron chi connectivity index (χ0n) is 28.2. The summed E-state index contributed by atoms with van der Waals surface area (Å²) in [6.07, 6.45) is -8.77. The van der Waals surface area contributed by atoms with Gasteiger partial charge in [-0.05, 0) is 12.1 Å². The fraction of sp³-hybridized carbons (Fsp3) is 1.00. The summed E-state index contributed by atoms with van der Waals surface area (Å²) in [4.78, 5) is 0. The number of rotatable bonds is 10. The molecule has 4 nitrogen and oxygen atoms in total. The molecule has 0 aliphatic carbocycles. The maximum Gasteiger partial charge on any atom is 0.373 e. The topological polar surface area (TPSA) is 56.4 Å². The standard InChI is InChI=1S/2C15H29F3N2.Cu/c2*1-10(2)11(19-13(3,4)5)9-12(15(16,17)18)20-14(6,7)8;/h2*10-12H,9H2,1-8H3;/q2*-2;. The maximum atomic E-state index is 13.2. The van der Waals surface area contributed by atoms with E-state index in [1.54, 1.807) is 41.5 Å². The second-order valence-corrected chi connectivity index (χ2v) is 15.4. The summed E-state index contributed by atoms with van der Waals surface area (Å²) < 4.78 is 79.0. The van der Waals surface area contributed by atoms with Gasteiger partial charge in [-0.2, -0.15) is 26.3 Å². The van der Waals surface area contributed by atoms with Crippen LogP contribution in [0.5, 0.6) is 0 Å². The fourth-order valence-electron chi connectivity index (χ4n) is 3.85. The van der Waals surface area contributed by atoms with E-state index in [0.29, 0.717) is 0 Å². The molecule has 0 bridgehead atoms. The minimum absolute atomic E-state index is 0. The van der Waals surface area contributed by atoms with Crippen LogP contribution >= 0.6 is 0 Å². The van der Waals surface area contributed by atoms with Gasteiger partial charge in [-0.1, -0.05) is 135 Å². The number of halogens is 6. The third-order valence-electron chi connectivity index (χ3n) is 5.42. The van der Waals surface area contributed by atoms with Gasteiger partial charge in [0.1, 0.15) is 0 Å². The first-order chi connectivity index (χ1) is 17.2. The molecule has 4 unspecified atom stereocenters. The van der Waals surface area contributed by atoms with Crippen LogP contribution in [0.15, 0.2) is 0 Å². The zero-order chi connectivity index (χ0) is 32.7. The monoisotopic (exact) mass is 651 g/mol. The molecule has 0 N–H and O–H groups in total. The number of hydrogen-bond donors (Lipinski definition) is 0. The van der Waals surface area contributed by atoms with E-state index in [-0.39, 0.29) is 64.9 Å². The molecular formula is C30H58CuF6N4-4. The van der Waals surface area contributed by atoms with Crippen LogP contribution in [0.3, 0.4) is 0 Å². The van der Waals surface area contributed by atoms with Crippen molar-refractivity contribution in [2.24, 2.45) is 11.8 Å². The number of alkyl halides is 6. The first-order valence-electron chi connectivity index (χ1n) is 14.2. The van der Waals surface area contributed by atoms with Gasteiger partial charge in [0.15, 0.2) is 0 Å². The average molecular weight is 652 g/mol. The van der Waals surface area contributed by atoms with Gasteiger partial charge in [0.25, 0.3) is 0 Å². The molecule has 41 heavy (non-hydrogen) atoms. The molecule has 0 aromatic heterocycles. The molecule has 0 amide bonds. The normalized spacial score (nSPS) is 17.0. The number of hydrogen-bond acceptors (Lipinski definition) is 0. The van der Waals surface area contributed by atoms with Gasteiger partial charge in [-0.25, -0.2) is 0 Å². The second-order valence-electron chi connectivity index (χ2n) is 15.4. The SMILES string of the molecule is CC(C)C(CC([N-]C(C)(C)C)C(F)(F)F)[N-]C(C)(C)C.CC(C)C(CC([N-]C(C)(C)C)C(F)(F)F)[N-]C(C)(C)C.[Cu]. The van der Waals surface area contributed by atoms with Crippen LogP contribution in [0.4, 0.5) is 26.3 Å². The van der Waals surface area contributed by atoms with Crippen molar-refractivity contribution in [2.45, 2.75) is 182 Å². The molecule has 0 aliphatic heterocycles. The van der Waals surface area contributed by atoms with Gasteiger partial charge in [0, 0.05) is 17.1 Å². The van der Waals surface area contributed by atoms with Gasteiger partial charge in [0.2, 0.25) is 0 Å². The summed E-state index contributed by atoms with van der Waals surface area (Å²) in [6.45, 7) is 29.2. The summed E-state index contributed by atoms with van der Waals surface area (Å²) in [5.41, 5.74) is -2.09. The predicted octanol–water partition coefficient (Wildman–Crippen LogP) is 11.4.